The molecule has 188 valence electrons. The van der Waals surface area contributed by atoms with E-state index < -0.39 is 6.10 Å². The largest absolute Gasteiger partial charge is 0.387 e. The van der Waals surface area contributed by atoms with E-state index in [1.54, 1.807) is 30.5 Å². The minimum absolute atomic E-state index is 0.211. The molecule has 1 saturated heterocycles. The molecule has 9 heteroatoms. The summed E-state index contributed by atoms with van der Waals surface area (Å²) in [6, 6.07) is 13.7. The second kappa shape index (κ2) is 10.3. The van der Waals surface area contributed by atoms with Gasteiger partial charge in [0.15, 0.2) is 0 Å². The smallest absolute Gasteiger partial charge is 0.261 e. The standard InChI is InChI=1S/C27H31ClN6O2/c1-16-12-20(34-10-7-19(29-2)8-11-34)14-22-25(16)33-26(32-22)24-21(6-9-30-27(24)36)31-15-23(35)17-4-3-5-18(28)13-17/h3-6,9,12-14,19,23,29,35H,7-8,10-11,15H2,1-2H3,(H,32,33)(H2,30,31,36)/t23-/m1/s1. The number of hydrogen-bond acceptors (Lipinski definition) is 6. The number of H-pyrrole nitrogens is 2. The predicted molar refractivity (Wildman–Crippen MR) is 146 cm³/mol. The Labute approximate surface area is 214 Å². The summed E-state index contributed by atoms with van der Waals surface area (Å²) in [4.78, 5) is 26.2. The molecule has 5 rings (SSSR count). The van der Waals surface area contributed by atoms with E-state index in [2.05, 4.69) is 37.6 Å². The van der Waals surface area contributed by atoms with E-state index in [1.807, 2.05) is 20.0 Å². The molecule has 0 amide bonds. The molecule has 36 heavy (non-hydrogen) atoms. The van der Waals surface area contributed by atoms with Gasteiger partial charge in [0.1, 0.15) is 11.4 Å². The number of aryl methyl sites for hydroxylation is 1. The second-order valence-electron chi connectivity index (χ2n) is 9.34. The normalized spacial score (nSPS) is 15.4. The van der Waals surface area contributed by atoms with E-state index >= 15 is 0 Å². The molecule has 1 aliphatic rings. The first-order chi connectivity index (χ1) is 17.4. The lowest BCUT2D eigenvalue weighted by Crippen LogP contribution is -2.41. The summed E-state index contributed by atoms with van der Waals surface area (Å²) in [6.45, 7) is 4.26. The maximum Gasteiger partial charge on any atom is 0.261 e. The summed E-state index contributed by atoms with van der Waals surface area (Å²) in [6.07, 6.45) is 3.01. The van der Waals surface area contributed by atoms with Crippen LogP contribution in [-0.2, 0) is 0 Å². The van der Waals surface area contributed by atoms with Crippen molar-refractivity contribution in [2.75, 3.05) is 36.9 Å². The molecule has 0 aliphatic carbocycles. The number of imidazole rings is 1. The highest BCUT2D eigenvalue weighted by Crippen LogP contribution is 2.30. The van der Waals surface area contributed by atoms with Crippen LogP contribution in [0.25, 0.3) is 22.4 Å². The lowest BCUT2D eigenvalue weighted by Gasteiger charge is -2.33. The Hall–Kier alpha value is -3.33. The summed E-state index contributed by atoms with van der Waals surface area (Å²) < 4.78 is 0. The van der Waals surface area contributed by atoms with E-state index in [4.69, 9.17) is 16.6 Å². The number of halogens is 1. The Kier molecular flexibility index (Phi) is 7.00. The third-order valence-corrected chi connectivity index (χ3v) is 7.18. The van der Waals surface area contributed by atoms with Gasteiger partial charge in [-0.05, 0) is 68.3 Å². The number of nitrogens with zero attached hydrogens (tertiary/aromatic N) is 2. The Morgan fingerprint density at radius 1 is 1.22 bits per heavy atom. The van der Waals surface area contributed by atoms with Gasteiger partial charge in [0.05, 0.1) is 22.8 Å². The molecule has 0 spiro atoms. The number of anilines is 2. The molecule has 0 saturated carbocycles. The molecule has 5 N–H and O–H groups in total. The van der Waals surface area contributed by atoms with Crippen LogP contribution in [0.3, 0.4) is 0 Å². The summed E-state index contributed by atoms with van der Waals surface area (Å²) in [5, 5.41) is 17.8. The van der Waals surface area contributed by atoms with Gasteiger partial charge < -0.3 is 30.6 Å². The minimum Gasteiger partial charge on any atom is -0.387 e. The fourth-order valence-electron chi connectivity index (χ4n) is 4.90. The third-order valence-electron chi connectivity index (χ3n) is 6.95. The van der Waals surface area contributed by atoms with E-state index in [1.165, 1.54) is 0 Å². The number of aromatic amines is 2. The molecule has 1 atom stereocenters. The fraction of sp³-hybridized carbons (Fsp3) is 0.333. The maximum atomic E-state index is 12.9. The Morgan fingerprint density at radius 2 is 2.03 bits per heavy atom. The number of nitrogens with one attached hydrogen (secondary N) is 4. The van der Waals surface area contributed by atoms with Crippen LogP contribution in [0.2, 0.25) is 5.02 Å². The zero-order valence-corrected chi connectivity index (χ0v) is 21.2. The summed E-state index contributed by atoms with van der Waals surface area (Å²) in [5.41, 5.74) is 5.38. The number of hydrogen-bond donors (Lipinski definition) is 5. The molecule has 1 fully saturated rings. The van der Waals surface area contributed by atoms with Gasteiger partial charge in [0.25, 0.3) is 5.56 Å². The van der Waals surface area contributed by atoms with Gasteiger partial charge in [-0.3, -0.25) is 4.79 Å². The third kappa shape index (κ3) is 4.97. The Bertz CT molecular complexity index is 1420. The molecule has 4 aromatic rings. The van der Waals surface area contributed by atoms with Crippen LogP contribution < -0.4 is 21.1 Å². The first kappa shape index (κ1) is 24.4. The maximum absolute atomic E-state index is 12.9. The van der Waals surface area contributed by atoms with Crippen LogP contribution in [0.1, 0.15) is 30.1 Å². The molecule has 0 radical (unpaired) electrons. The van der Waals surface area contributed by atoms with Gasteiger partial charge in [-0.1, -0.05) is 23.7 Å². The number of aliphatic hydroxyl groups is 1. The van der Waals surface area contributed by atoms with Crippen molar-refractivity contribution in [3.05, 3.63) is 75.2 Å². The van der Waals surface area contributed by atoms with E-state index in [9.17, 15) is 9.90 Å². The molecule has 0 bridgehead atoms. The van der Waals surface area contributed by atoms with Crippen molar-refractivity contribution in [3.8, 4) is 11.4 Å². The van der Waals surface area contributed by atoms with Crippen molar-refractivity contribution in [1.82, 2.24) is 20.3 Å². The molecule has 3 heterocycles. The SMILES string of the molecule is CNC1CCN(c2cc(C)c3nc(-c4c(NC[C@@H](O)c5cccc(Cl)c5)cc[nH]c4=O)[nH]c3c2)CC1. The van der Waals surface area contributed by atoms with Crippen molar-refractivity contribution >= 4 is 34.0 Å². The number of pyridine rings is 1. The number of aliphatic hydroxyl groups excluding tert-OH is 1. The summed E-state index contributed by atoms with van der Waals surface area (Å²) in [5.74, 6) is 0.487. The highest BCUT2D eigenvalue weighted by molar-refractivity contribution is 6.30. The minimum atomic E-state index is -0.789. The van der Waals surface area contributed by atoms with E-state index in [-0.39, 0.29) is 12.1 Å². The van der Waals surface area contributed by atoms with Gasteiger partial charge in [-0.2, -0.15) is 0 Å². The van der Waals surface area contributed by atoms with Crippen LogP contribution in [0, 0.1) is 6.92 Å². The first-order valence-electron chi connectivity index (χ1n) is 12.2. The highest BCUT2D eigenvalue weighted by Gasteiger charge is 2.21. The highest BCUT2D eigenvalue weighted by atomic mass is 35.5. The molecule has 2 aromatic heterocycles. The number of benzene rings is 2. The molecule has 2 aromatic carbocycles. The lowest BCUT2D eigenvalue weighted by molar-refractivity contribution is 0.191. The second-order valence-corrected chi connectivity index (χ2v) is 9.78. The Morgan fingerprint density at radius 3 is 2.78 bits per heavy atom. The molecule has 1 aliphatic heterocycles. The van der Waals surface area contributed by atoms with Crippen molar-refractivity contribution in [2.45, 2.75) is 31.9 Å². The fourth-order valence-corrected chi connectivity index (χ4v) is 5.10. The van der Waals surface area contributed by atoms with Crippen LogP contribution in [0.15, 0.2) is 53.5 Å². The van der Waals surface area contributed by atoms with Gasteiger partial charge in [0.2, 0.25) is 0 Å². The topological polar surface area (TPSA) is 109 Å². The quantitative estimate of drug-likeness (QED) is 0.257. The van der Waals surface area contributed by atoms with Gasteiger partial charge >= 0.3 is 0 Å². The van der Waals surface area contributed by atoms with Crippen molar-refractivity contribution in [1.29, 1.82) is 0 Å². The molecular formula is C27H31ClN6O2. The van der Waals surface area contributed by atoms with Crippen molar-refractivity contribution < 1.29 is 5.11 Å². The van der Waals surface area contributed by atoms with E-state index in [0.717, 1.165) is 48.2 Å². The average molecular weight is 507 g/mol. The summed E-state index contributed by atoms with van der Waals surface area (Å²) in [7, 11) is 2.02. The first-order valence-corrected chi connectivity index (χ1v) is 12.6. The van der Waals surface area contributed by atoms with Gasteiger partial charge in [-0.25, -0.2) is 4.98 Å². The average Bonchev–Trinajstić information content (AvgIpc) is 3.31. The molecule has 8 nitrogen and oxygen atoms in total. The predicted octanol–water partition coefficient (Wildman–Crippen LogP) is 4.21. The zero-order valence-electron chi connectivity index (χ0n) is 20.4. The van der Waals surface area contributed by atoms with Gasteiger partial charge in [-0.15, -0.1) is 0 Å². The number of piperidine rings is 1. The lowest BCUT2D eigenvalue weighted by atomic mass is 10.0. The van der Waals surface area contributed by atoms with Crippen LogP contribution in [-0.4, -0.2) is 52.8 Å². The van der Waals surface area contributed by atoms with Crippen LogP contribution >= 0.6 is 11.6 Å². The van der Waals surface area contributed by atoms with Gasteiger partial charge in [0, 0.05) is 42.6 Å². The number of fused-ring (bicyclic) bond motifs is 1. The number of rotatable bonds is 7. The number of aromatic nitrogens is 3. The van der Waals surface area contributed by atoms with E-state index in [0.29, 0.717) is 33.7 Å². The monoisotopic (exact) mass is 506 g/mol. The van der Waals surface area contributed by atoms with Crippen LogP contribution in [0.4, 0.5) is 11.4 Å². The van der Waals surface area contributed by atoms with Crippen LogP contribution in [0.5, 0.6) is 0 Å². The Balaban J connectivity index is 1.42. The zero-order chi connectivity index (χ0) is 25.2. The van der Waals surface area contributed by atoms with Crippen molar-refractivity contribution in [2.24, 2.45) is 0 Å². The molecule has 0 unspecified atom stereocenters. The molecular weight excluding hydrogens is 476 g/mol. The van der Waals surface area contributed by atoms with Crippen molar-refractivity contribution in [3.63, 3.8) is 0 Å². The summed E-state index contributed by atoms with van der Waals surface area (Å²) >= 11 is 6.06.